The maximum atomic E-state index is 11.4. The van der Waals surface area contributed by atoms with Crippen LogP contribution in [0.3, 0.4) is 0 Å². The molecule has 0 spiro atoms. The molecule has 0 bridgehead atoms. The largest absolute Gasteiger partial charge is 0.466 e. The molecule has 1 aromatic carbocycles. The van der Waals surface area contributed by atoms with Gasteiger partial charge in [-0.1, -0.05) is 0 Å². The monoisotopic (exact) mass is 269 g/mol. The fraction of sp³-hybridized carbons (Fsp3) is 0.333. The zero-order valence-electron chi connectivity index (χ0n) is 9.36. The topological polar surface area (TPSA) is 50.1 Å². The Balaban J connectivity index is 3.06. The molecule has 0 N–H and O–H groups in total. The first-order valence-electron chi connectivity index (χ1n) is 5.08. The number of nitriles is 1. The number of ether oxygens (including phenoxy) is 1. The first kappa shape index (κ1) is 13.9. The molecular weight excluding hydrogens is 258 g/mol. The Morgan fingerprint density at radius 2 is 2.29 bits per heavy atom. The highest BCUT2D eigenvalue weighted by Crippen LogP contribution is 2.23. The van der Waals surface area contributed by atoms with Crippen LogP contribution < -0.4 is 0 Å². The molecule has 0 fully saturated rings. The van der Waals surface area contributed by atoms with Crippen LogP contribution in [-0.2, 0) is 21.8 Å². The summed E-state index contributed by atoms with van der Waals surface area (Å²) in [5.41, 5.74) is 1.95. The van der Waals surface area contributed by atoms with Crippen molar-refractivity contribution in [2.45, 2.75) is 24.1 Å². The van der Waals surface area contributed by atoms with E-state index in [2.05, 4.69) is 12.6 Å². The van der Waals surface area contributed by atoms with Gasteiger partial charge < -0.3 is 4.74 Å². The molecule has 0 aliphatic heterocycles. The van der Waals surface area contributed by atoms with Crippen LogP contribution >= 0.6 is 24.2 Å². The van der Waals surface area contributed by atoms with E-state index in [-0.39, 0.29) is 18.3 Å². The second-order valence-corrected chi connectivity index (χ2v) is 4.11. The number of esters is 1. The SMILES string of the molecule is CCOC(=O)Cc1c(S)cc(C#N)cc1CCl. The molecule has 0 radical (unpaired) electrons. The summed E-state index contributed by atoms with van der Waals surface area (Å²) in [6, 6.07) is 5.31. The van der Waals surface area contributed by atoms with Crippen molar-refractivity contribution in [2.75, 3.05) is 6.61 Å². The van der Waals surface area contributed by atoms with E-state index in [4.69, 9.17) is 21.6 Å². The molecule has 0 aliphatic rings. The first-order valence-corrected chi connectivity index (χ1v) is 6.07. The quantitative estimate of drug-likeness (QED) is 0.519. The minimum atomic E-state index is -0.320. The number of benzene rings is 1. The van der Waals surface area contributed by atoms with E-state index in [1.165, 1.54) is 0 Å². The second kappa shape index (κ2) is 6.53. The number of halogens is 1. The Kier molecular flexibility index (Phi) is 5.33. The lowest BCUT2D eigenvalue weighted by Gasteiger charge is -2.10. The molecule has 0 heterocycles. The van der Waals surface area contributed by atoms with Gasteiger partial charge in [0.25, 0.3) is 0 Å². The van der Waals surface area contributed by atoms with Crippen molar-refractivity contribution in [1.29, 1.82) is 5.26 Å². The third-order valence-electron chi connectivity index (χ3n) is 2.22. The molecule has 0 amide bonds. The van der Waals surface area contributed by atoms with Gasteiger partial charge in [0.2, 0.25) is 0 Å². The van der Waals surface area contributed by atoms with Crippen LogP contribution in [-0.4, -0.2) is 12.6 Å². The highest BCUT2D eigenvalue weighted by Gasteiger charge is 2.13. The average molecular weight is 270 g/mol. The van der Waals surface area contributed by atoms with Crippen LogP contribution in [0, 0.1) is 11.3 Å². The van der Waals surface area contributed by atoms with Gasteiger partial charge in [-0.3, -0.25) is 4.79 Å². The van der Waals surface area contributed by atoms with Gasteiger partial charge in [0, 0.05) is 10.8 Å². The highest BCUT2D eigenvalue weighted by atomic mass is 35.5. The fourth-order valence-corrected chi connectivity index (χ4v) is 2.06. The van der Waals surface area contributed by atoms with Gasteiger partial charge in [-0.2, -0.15) is 5.26 Å². The summed E-state index contributed by atoms with van der Waals surface area (Å²) in [6.07, 6.45) is 0.125. The van der Waals surface area contributed by atoms with Crippen molar-refractivity contribution in [3.8, 4) is 6.07 Å². The van der Waals surface area contributed by atoms with Crippen molar-refractivity contribution in [1.82, 2.24) is 0 Å². The molecular formula is C12H12ClNO2S. The third kappa shape index (κ3) is 3.65. The van der Waals surface area contributed by atoms with Crippen molar-refractivity contribution in [2.24, 2.45) is 0 Å². The zero-order chi connectivity index (χ0) is 12.8. The summed E-state index contributed by atoms with van der Waals surface area (Å²) >= 11 is 10.1. The zero-order valence-corrected chi connectivity index (χ0v) is 11.0. The van der Waals surface area contributed by atoms with E-state index in [9.17, 15) is 4.79 Å². The predicted molar refractivity (Wildman–Crippen MR) is 68.3 cm³/mol. The maximum Gasteiger partial charge on any atom is 0.310 e. The summed E-state index contributed by atoms with van der Waals surface area (Å²) in [5.74, 6) is -0.0865. The molecule has 5 heteroatoms. The first-order chi connectivity index (χ1) is 8.12. The van der Waals surface area contributed by atoms with E-state index in [1.807, 2.05) is 6.07 Å². The van der Waals surface area contributed by atoms with E-state index < -0.39 is 0 Å². The van der Waals surface area contributed by atoms with Gasteiger partial charge in [-0.15, -0.1) is 24.2 Å². The number of carbonyl (C=O) groups is 1. The molecule has 0 atom stereocenters. The van der Waals surface area contributed by atoms with Crippen molar-refractivity contribution < 1.29 is 9.53 Å². The van der Waals surface area contributed by atoms with Gasteiger partial charge >= 0.3 is 5.97 Å². The molecule has 0 aliphatic carbocycles. The summed E-state index contributed by atoms with van der Waals surface area (Å²) in [5, 5.41) is 8.82. The Hall–Kier alpha value is -1.18. The fourth-order valence-electron chi connectivity index (χ4n) is 1.46. The lowest BCUT2D eigenvalue weighted by molar-refractivity contribution is -0.142. The maximum absolute atomic E-state index is 11.4. The van der Waals surface area contributed by atoms with Gasteiger partial charge in [0.05, 0.1) is 24.7 Å². The van der Waals surface area contributed by atoms with E-state index >= 15 is 0 Å². The van der Waals surface area contributed by atoms with Crippen molar-refractivity contribution in [3.05, 3.63) is 28.8 Å². The van der Waals surface area contributed by atoms with E-state index in [0.29, 0.717) is 17.1 Å². The smallest absolute Gasteiger partial charge is 0.310 e. The lowest BCUT2D eigenvalue weighted by atomic mass is 10.0. The molecule has 0 unspecified atom stereocenters. The third-order valence-corrected chi connectivity index (χ3v) is 2.91. The Morgan fingerprint density at radius 3 is 2.82 bits per heavy atom. The van der Waals surface area contributed by atoms with E-state index in [0.717, 1.165) is 11.1 Å². The van der Waals surface area contributed by atoms with Crippen LogP contribution in [0.5, 0.6) is 0 Å². The molecule has 0 aromatic heterocycles. The van der Waals surface area contributed by atoms with Crippen molar-refractivity contribution in [3.63, 3.8) is 0 Å². The summed E-state index contributed by atoms with van der Waals surface area (Å²) in [6.45, 7) is 2.09. The van der Waals surface area contributed by atoms with Gasteiger partial charge in [0.15, 0.2) is 0 Å². The minimum absolute atomic E-state index is 0.125. The van der Waals surface area contributed by atoms with Gasteiger partial charge in [0.1, 0.15) is 0 Å². The van der Waals surface area contributed by atoms with Gasteiger partial charge in [-0.05, 0) is 30.2 Å². The number of hydrogen-bond acceptors (Lipinski definition) is 4. The number of carbonyl (C=O) groups excluding carboxylic acids is 1. The summed E-state index contributed by atoms with van der Waals surface area (Å²) < 4.78 is 4.88. The second-order valence-electron chi connectivity index (χ2n) is 3.36. The lowest BCUT2D eigenvalue weighted by Crippen LogP contribution is -2.10. The van der Waals surface area contributed by atoms with Crippen LogP contribution in [0.15, 0.2) is 17.0 Å². The van der Waals surface area contributed by atoms with Crippen LogP contribution in [0.2, 0.25) is 0 Å². The summed E-state index contributed by atoms with van der Waals surface area (Å²) in [4.78, 5) is 12.0. The van der Waals surface area contributed by atoms with Crippen LogP contribution in [0.4, 0.5) is 0 Å². The van der Waals surface area contributed by atoms with Crippen LogP contribution in [0.1, 0.15) is 23.6 Å². The Morgan fingerprint density at radius 1 is 1.59 bits per heavy atom. The number of rotatable bonds is 4. The average Bonchev–Trinajstić information content (AvgIpc) is 2.31. The number of hydrogen-bond donors (Lipinski definition) is 1. The van der Waals surface area contributed by atoms with Crippen LogP contribution in [0.25, 0.3) is 0 Å². The molecule has 1 aromatic rings. The van der Waals surface area contributed by atoms with Crippen molar-refractivity contribution >= 4 is 30.2 Å². The molecule has 17 heavy (non-hydrogen) atoms. The van der Waals surface area contributed by atoms with Gasteiger partial charge in [-0.25, -0.2) is 0 Å². The molecule has 3 nitrogen and oxygen atoms in total. The minimum Gasteiger partial charge on any atom is -0.466 e. The standard InChI is InChI=1S/C12H12ClNO2S/c1-2-16-12(15)5-10-9(6-13)3-8(7-14)4-11(10)17/h3-4,17H,2,5-6H2,1H3. The molecule has 1 rings (SSSR count). The number of nitrogens with zero attached hydrogens (tertiary/aromatic N) is 1. The predicted octanol–water partition coefficient (Wildman–Crippen LogP) is 2.69. The summed E-state index contributed by atoms with van der Waals surface area (Å²) in [7, 11) is 0. The highest BCUT2D eigenvalue weighted by molar-refractivity contribution is 7.80. The normalized spacial score (nSPS) is 9.76. The van der Waals surface area contributed by atoms with E-state index in [1.54, 1.807) is 19.1 Å². The molecule has 0 saturated carbocycles. The number of alkyl halides is 1. The Labute approximate surface area is 111 Å². The molecule has 0 saturated heterocycles. The number of thiol groups is 1. The molecule has 90 valence electrons. The Bertz CT molecular complexity index is 468.